The van der Waals surface area contributed by atoms with E-state index in [9.17, 15) is 4.79 Å². The molecule has 118 valence electrons. The van der Waals surface area contributed by atoms with Crippen molar-refractivity contribution in [1.82, 2.24) is 0 Å². The van der Waals surface area contributed by atoms with Crippen LogP contribution in [-0.4, -0.2) is 25.4 Å². The third-order valence-electron chi connectivity index (χ3n) is 3.17. The van der Waals surface area contributed by atoms with Crippen LogP contribution >= 0.6 is 23.4 Å². The molecule has 4 heteroatoms. The minimum absolute atomic E-state index is 0.253. The summed E-state index contributed by atoms with van der Waals surface area (Å²) < 4.78 is 5.06. The monoisotopic (exact) mass is 344 g/mol. The van der Waals surface area contributed by atoms with Gasteiger partial charge in [-0.1, -0.05) is 60.2 Å². The zero-order valence-corrected chi connectivity index (χ0v) is 14.4. The van der Waals surface area contributed by atoms with Crippen LogP contribution in [0.25, 0.3) is 11.6 Å². The highest BCUT2D eigenvalue weighted by Gasteiger charge is 2.06. The lowest BCUT2D eigenvalue weighted by molar-refractivity contribution is 0.240. The molecule has 0 saturated carbocycles. The molecule has 0 saturated heterocycles. The number of hydrogen-bond acceptors (Lipinski definition) is 3. The van der Waals surface area contributed by atoms with Crippen molar-refractivity contribution >= 4 is 41.0 Å². The summed E-state index contributed by atoms with van der Waals surface area (Å²) in [7, 11) is 1.57. The van der Waals surface area contributed by atoms with Gasteiger partial charge in [-0.3, -0.25) is 0 Å². The fraction of sp³-hybridized carbons (Fsp3) is 0.158. The average molecular weight is 345 g/mol. The van der Waals surface area contributed by atoms with Crippen molar-refractivity contribution < 1.29 is 9.53 Å². The first-order chi connectivity index (χ1) is 11.3. The number of hydrogen-bond donors (Lipinski definition) is 0. The fourth-order valence-corrected chi connectivity index (χ4v) is 3.15. The first-order valence-corrected chi connectivity index (χ1v) is 8.48. The summed E-state index contributed by atoms with van der Waals surface area (Å²) in [4.78, 5) is 12.2. The lowest BCUT2D eigenvalue weighted by Gasteiger charge is -2.06. The molecule has 2 aromatic rings. The minimum atomic E-state index is 0.253. The molecule has 0 amide bonds. The van der Waals surface area contributed by atoms with Gasteiger partial charge in [-0.2, -0.15) is 0 Å². The number of rotatable bonds is 7. The molecule has 0 heterocycles. The zero-order chi connectivity index (χ0) is 16.5. The van der Waals surface area contributed by atoms with E-state index >= 15 is 0 Å². The van der Waals surface area contributed by atoms with Crippen LogP contribution in [0, 0.1) is 0 Å². The Morgan fingerprint density at radius 2 is 1.96 bits per heavy atom. The molecule has 0 spiro atoms. The second-order valence-corrected chi connectivity index (χ2v) is 6.21. The maximum Gasteiger partial charge on any atom is 0.131 e. The van der Waals surface area contributed by atoms with E-state index in [-0.39, 0.29) is 6.61 Å². The van der Waals surface area contributed by atoms with E-state index in [1.165, 1.54) is 0 Å². The van der Waals surface area contributed by atoms with Crippen LogP contribution in [0.15, 0.2) is 59.5 Å². The molecule has 2 aromatic carbocycles. The Kier molecular flexibility index (Phi) is 7.18. The van der Waals surface area contributed by atoms with Crippen LogP contribution in [0.3, 0.4) is 0 Å². The second-order valence-electron chi connectivity index (χ2n) is 4.74. The normalized spacial score (nSPS) is 10.7. The van der Waals surface area contributed by atoms with Crippen LogP contribution in [-0.2, 0) is 9.53 Å². The smallest absolute Gasteiger partial charge is 0.131 e. The van der Waals surface area contributed by atoms with Gasteiger partial charge in [0.25, 0.3) is 0 Å². The van der Waals surface area contributed by atoms with E-state index in [2.05, 4.69) is 6.08 Å². The van der Waals surface area contributed by atoms with Crippen molar-refractivity contribution in [3.63, 3.8) is 0 Å². The van der Waals surface area contributed by atoms with Crippen molar-refractivity contribution in [2.24, 2.45) is 0 Å². The Labute approximate surface area is 145 Å². The second kappa shape index (κ2) is 9.39. The molecule has 0 aliphatic rings. The fourth-order valence-electron chi connectivity index (χ4n) is 2.10. The van der Waals surface area contributed by atoms with Crippen LogP contribution in [0.5, 0.6) is 0 Å². The lowest BCUT2D eigenvalue weighted by atomic mass is 10.0. The first kappa shape index (κ1) is 17.6. The largest absolute Gasteiger partial charge is 0.379 e. The van der Waals surface area contributed by atoms with E-state index in [4.69, 9.17) is 16.3 Å². The van der Waals surface area contributed by atoms with Gasteiger partial charge in [-0.05, 0) is 23.3 Å². The molecular weight excluding hydrogens is 328 g/mol. The summed E-state index contributed by atoms with van der Waals surface area (Å²) in [6, 6.07) is 15.5. The Balaban J connectivity index is 2.08. The molecule has 0 bridgehead atoms. The van der Waals surface area contributed by atoms with Gasteiger partial charge in [-0.25, -0.2) is 4.79 Å². The van der Waals surface area contributed by atoms with E-state index in [0.717, 1.165) is 26.8 Å². The molecule has 0 radical (unpaired) electrons. The van der Waals surface area contributed by atoms with Crippen LogP contribution in [0.4, 0.5) is 0 Å². The minimum Gasteiger partial charge on any atom is -0.379 e. The van der Waals surface area contributed by atoms with E-state index in [0.29, 0.717) is 5.57 Å². The van der Waals surface area contributed by atoms with Gasteiger partial charge >= 0.3 is 0 Å². The quantitative estimate of drug-likeness (QED) is 0.522. The summed E-state index contributed by atoms with van der Waals surface area (Å²) in [6.45, 7) is 0.253. The Hall–Kier alpha value is -1.77. The van der Waals surface area contributed by atoms with E-state index in [1.54, 1.807) is 18.9 Å². The van der Waals surface area contributed by atoms with Gasteiger partial charge in [0.05, 0.1) is 17.2 Å². The number of thioether (sulfide) groups is 1. The first-order valence-electron chi connectivity index (χ1n) is 7.12. The van der Waals surface area contributed by atoms with Gasteiger partial charge in [0, 0.05) is 17.8 Å². The summed E-state index contributed by atoms with van der Waals surface area (Å²) in [5.74, 6) is 2.76. The Morgan fingerprint density at radius 1 is 1.22 bits per heavy atom. The topological polar surface area (TPSA) is 26.3 Å². The molecule has 0 aromatic heterocycles. The number of halogens is 1. The summed E-state index contributed by atoms with van der Waals surface area (Å²) in [5.41, 5.74) is 2.34. The lowest BCUT2D eigenvalue weighted by Crippen LogP contribution is -1.97. The van der Waals surface area contributed by atoms with Crippen LogP contribution in [0.2, 0.25) is 5.02 Å². The van der Waals surface area contributed by atoms with Crippen LogP contribution < -0.4 is 0 Å². The number of methoxy groups -OCH3 is 1. The molecule has 0 fully saturated rings. The highest BCUT2D eigenvalue weighted by molar-refractivity contribution is 7.99. The Bertz CT molecular complexity index is 734. The highest BCUT2D eigenvalue weighted by atomic mass is 35.5. The third-order valence-corrected chi connectivity index (χ3v) is 4.63. The summed E-state index contributed by atoms with van der Waals surface area (Å²) in [6.07, 6.45) is 4.06. The zero-order valence-electron chi connectivity index (χ0n) is 12.8. The molecular formula is C19H17ClO2S. The predicted molar refractivity (Wildman–Crippen MR) is 98.6 cm³/mol. The molecule has 23 heavy (non-hydrogen) atoms. The Morgan fingerprint density at radius 3 is 2.70 bits per heavy atom. The van der Waals surface area contributed by atoms with Gasteiger partial charge in [0.1, 0.15) is 5.94 Å². The molecule has 0 unspecified atom stereocenters. The molecule has 0 N–H and O–H groups in total. The number of carbonyl (C=O) groups excluding carboxylic acids is 1. The molecule has 0 atom stereocenters. The van der Waals surface area contributed by atoms with Crippen molar-refractivity contribution in [3.8, 4) is 0 Å². The maximum atomic E-state index is 11.1. The van der Waals surface area contributed by atoms with Gasteiger partial charge < -0.3 is 4.74 Å². The van der Waals surface area contributed by atoms with E-state index < -0.39 is 0 Å². The molecule has 2 rings (SSSR count). The SMILES string of the molecule is COCC(=C=O)c1ccccc1/C=C/CSc1ccccc1Cl. The molecule has 0 aliphatic heterocycles. The molecule has 2 nitrogen and oxygen atoms in total. The third kappa shape index (κ3) is 5.12. The van der Waals surface area contributed by atoms with Gasteiger partial charge in [-0.15, -0.1) is 11.8 Å². The van der Waals surface area contributed by atoms with Crippen molar-refractivity contribution in [2.45, 2.75) is 4.90 Å². The molecule has 0 aliphatic carbocycles. The van der Waals surface area contributed by atoms with Gasteiger partial charge in [0.15, 0.2) is 0 Å². The summed E-state index contributed by atoms with van der Waals surface area (Å²) in [5, 5.41) is 0.762. The van der Waals surface area contributed by atoms with Crippen molar-refractivity contribution in [3.05, 3.63) is 70.8 Å². The number of benzene rings is 2. The number of ether oxygens (including phenoxy) is 1. The van der Waals surface area contributed by atoms with Gasteiger partial charge in [0.2, 0.25) is 0 Å². The standard InChI is InChI=1S/C19H17ClO2S/c1-22-14-16(13-21)17-9-3-2-7-15(17)8-6-12-23-19-11-5-4-10-18(19)20/h2-11H,12,14H2,1H3/b8-6+. The highest BCUT2D eigenvalue weighted by Crippen LogP contribution is 2.27. The van der Waals surface area contributed by atoms with E-state index in [1.807, 2.05) is 60.5 Å². The summed E-state index contributed by atoms with van der Waals surface area (Å²) >= 11 is 7.80. The predicted octanol–water partition coefficient (Wildman–Crippen LogP) is 5.01. The van der Waals surface area contributed by atoms with Crippen LogP contribution in [0.1, 0.15) is 11.1 Å². The van der Waals surface area contributed by atoms with Crippen molar-refractivity contribution in [1.29, 1.82) is 0 Å². The van der Waals surface area contributed by atoms with Crippen molar-refractivity contribution in [2.75, 3.05) is 19.5 Å². The average Bonchev–Trinajstić information content (AvgIpc) is 2.58. The maximum absolute atomic E-state index is 11.1.